The summed E-state index contributed by atoms with van der Waals surface area (Å²) in [7, 11) is 0. The van der Waals surface area contributed by atoms with Crippen LogP contribution in [0.2, 0.25) is 0 Å². The average Bonchev–Trinajstić information content (AvgIpc) is 3.07. The first-order valence-corrected chi connectivity index (χ1v) is 7.59. The van der Waals surface area contributed by atoms with Gasteiger partial charge in [0.05, 0.1) is 0 Å². The lowest BCUT2D eigenvalue weighted by Gasteiger charge is -2.04. The number of carbonyl (C=O) groups excluding carboxylic acids is 1. The maximum Gasteiger partial charge on any atom is 0.234 e. The Hall–Kier alpha value is -2.28. The molecule has 0 atom stereocenters. The van der Waals surface area contributed by atoms with Crippen LogP contribution in [0, 0.1) is 0 Å². The van der Waals surface area contributed by atoms with Gasteiger partial charge in [0, 0.05) is 19.4 Å². The average molecular weight is 301 g/mol. The van der Waals surface area contributed by atoms with Gasteiger partial charge in [-0.3, -0.25) is 4.79 Å². The molecule has 21 heavy (non-hydrogen) atoms. The first-order chi connectivity index (χ1) is 10.3. The Balaban J connectivity index is 1.40. The van der Waals surface area contributed by atoms with Crippen molar-refractivity contribution in [3.8, 4) is 0 Å². The van der Waals surface area contributed by atoms with Crippen LogP contribution in [0.3, 0.4) is 0 Å². The number of nitrogens with zero attached hydrogens (tertiary/aromatic N) is 4. The zero-order valence-electron chi connectivity index (χ0n) is 11.4. The van der Waals surface area contributed by atoms with Crippen molar-refractivity contribution in [1.29, 1.82) is 0 Å². The smallest absolute Gasteiger partial charge is 0.234 e. The molecule has 0 saturated carbocycles. The lowest BCUT2D eigenvalue weighted by atomic mass is 10.1. The fourth-order valence-electron chi connectivity index (χ4n) is 2.00. The number of rotatable bonds is 6. The van der Waals surface area contributed by atoms with Crippen LogP contribution >= 0.6 is 11.3 Å². The van der Waals surface area contributed by atoms with Gasteiger partial charge in [-0.05, 0) is 12.0 Å². The zero-order valence-corrected chi connectivity index (χ0v) is 12.2. The second kappa shape index (κ2) is 6.45. The van der Waals surface area contributed by atoms with Crippen molar-refractivity contribution in [1.82, 2.24) is 25.1 Å². The fraction of sp³-hybridized carbons (Fsp3) is 0.286. The number of amides is 1. The maximum absolute atomic E-state index is 11.8. The standard InChI is InChI=1S/C14H15N5OS/c20-12(7-6-11-4-2-1-3-5-11)15-9-8-13-18-19-10-16-17-14(19)21-13/h1-5,10H,6-9H2,(H,15,20). The van der Waals surface area contributed by atoms with E-state index in [9.17, 15) is 4.79 Å². The summed E-state index contributed by atoms with van der Waals surface area (Å²) in [5, 5.41) is 15.9. The molecular formula is C14H15N5OS. The first kappa shape index (κ1) is 13.7. The molecule has 0 aliphatic heterocycles. The number of hydrogen-bond acceptors (Lipinski definition) is 5. The Morgan fingerprint density at radius 3 is 2.90 bits per heavy atom. The van der Waals surface area contributed by atoms with Crippen molar-refractivity contribution in [2.75, 3.05) is 6.54 Å². The SMILES string of the molecule is O=C(CCc1ccccc1)NCCc1nn2cnnc2s1. The molecule has 0 saturated heterocycles. The third kappa shape index (κ3) is 3.63. The summed E-state index contributed by atoms with van der Waals surface area (Å²) in [6.07, 6.45) is 3.57. The van der Waals surface area contributed by atoms with E-state index in [1.54, 1.807) is 10.8 Å². The number of aryl methyl sites for hydroxylation is 1. The van der Waals surface area contributed by atoms with Gasteiger partial charge in [-0.15, -0.1) is 10.2 Å². The van der Waals surface area contributed by atoms with E-state index in [1.165, 1.54) is 16.9 Å². The van der Waals surface area contributed by atoms with E-state index in [4.69, 9.17) is 0 Å². The first-order valence-electron chi connectivity index (χ1n) is 6.77. The molecule has 2 aromatic heterocycles. The van der Waals surface area contributed by atoms with E-state index in [0.29, 0.717) is 19.4 Å². The van der Waals surface area contributed by atoms with Gasteiger partial charge in [-0.1, -0.05) is 41.7 Å². The summed E-state index contributed by atoms with van der Waals surface area (Å²) in [5.41, 5.74) is 1.18. The van der Waals surface area contributed by atoms with Crippen molar-refractivity contribution in [3.05, 3.63) is 47.2 Å². The highest BCUT2D eigenvalue weighted by Gasteiger charge is 2.06. The van der Waals surface area contributed by atoms with Crippen LogP contribution in [-0.2, 0) is 17.6 Å². The molecule has 0 aliphatic carbocycles. The van der Waals surface area contributed by atoms with Gasteiger partial charge >= 0.3 is 0 Å². The number of benzene rings is 1. The number of aromatic nitrogens is 4. The highest BCUT2D eigenvalue weighted by atomic mass is 32.1. The minimum absolute atomic E-state index is 0.0712. The highest BCUT2D eigenvalue weighted by Crippen LogP contribution is 2.11. The Bertz CT molecular complexity index is 693. The summed E-state index contributed by atoms with van der Waals surface area (Å²) in [6, 6.07) is 10.0. The van der Waals surface area contributed by atoms with Crippen LogP contribution in [0.4, 0.5) is 0 Å². The summed E-state index contributed by atoms with van der Waals surface area (Å²) < 4.78 is 1.65. The molecule has 7 heteroatoms. The number of nitrogens with one attached hydrogen (secondary N) is 1. The normalized spacial score (nSPS) is 10.9. The molecule has 0 bridgehead atoms. The van der Waals surface area contributed by atoms with Crippen LogP contribution in [0.5, 0.6) is 0 Å². The number of carbonyl (C=O) groups is 1. The summed E-state index contributed by atoms with van der Waals surface area (Å²) in [4.78, 5) is 12.6. The van der Waals surface area contributed by atoms with E-state index in [1.807, 2.05) is 30.3 Å². The summed E-state index contributed by atoms with van der Waals surface area (Å²) in [6.45, 7) is 0.595. The van der Waals surface area contributed by atoms with Crippen LogP contribution in [0.15, 0.2) is 36.7 Å². The van der Waals surface area contributed by atoms with E-state index in [2.05, 4.69) is 20.6 Å². The lowest BCUT2D eigenvalue weighted by molar-refractivity contribution is -0.121. The maximum atomic E-state index is 11.8. The summed E-state index contributed by atoms with van der Waals surface area (Å²) >= 11 is 1.49. The highest BCUT2D eigenvalue weighted by molar-refractivity contribution is 7.16. The predicted octanol–water partition coefficient (Wildman–Crippen LogP) is 1.48. The van der Waals surface area contributed by atoms with Gasteiger partial charge in [-0.2, -0.15) is 9.61 Å². The third-order valence-corrected chi connectivity index (χ3v) is 4.05. The molecule has 1 amide bonds. The molecule has 0 radical (unpaired) electrons. The van der Waals surface area contributed by atoms with Crippen LogP contribution < -0.4 is 5.32 Å². The predicted molar refractivity (Wildman–Crippen MR) is 80.1 cm³/mol. The molecule has 6 nitrogen and oxygen atoms in total. The number of hydrogen-bond donors (Lipinski definition) is 1. The Kier molecular flexibility index (Phi) is 4.20. The Labute approximate surface area is 125 Å². The van der Waals surface area contributed by atoms with Gasteiger partial charge in [0.2, 0.25) is 10.9 Å². The van der Waals surface area contributed by atoms with Crippen molar-refractivity contribution in [2.45, 2.75) is 19.3 Å². The van der Waals surface area contributed by atoms with Gasteiger partial charge in [-0.25, -0.2) is 0 Å². The monoisotopic (exact) mass is 301 g/mol. The van der Waals surface area contributed by atoms with E-state index in [0.717, 1.165) is 16.4 Å². The molecule has 0 aliphatic rings. The molecular weight excluding hydrogens is 286 g/mol. The van der Waals surface area contributed by atoms with Crippen molar-refractivity contribution in [3.63, 3.8) is 0 Å². The van der Waals surface area contributed by atoms with Crippen LogP contribution in [-0.4, -0.2) is 32.3 Å². The fourth-order valence-corrected chi connectivity index (χ4v) is 2.81. The Morgan fingerprint density at radius 2 is 2.10 bits per heavy atom. The van der Waals surface area contributed by atoms with E-state index in [-0.39, 0.29) is 5.91 Å². The molecule has 108 valence electrons. The third-order valence-electron chi connectivity index (χ3n) is 3.07. The minimum Gasteiger partial charge on any atom is -0.356 e. The van der Waals surface area contributed by atoms with Crippen molar-refractivity contribution < 1.29 is 4.79 Å². The van der Waals surface area contributed by atoms with E-state index < -0.39 is 0 Å². The second-order valence-corrected chi connectivity index (χ2v) is 5.68. The van der Waals surface area contributed by atoms with Crippen molar-refractivity contribution >= 4 is 22.2 Å². The molecule has 0 spiro atoms. The van der Waals surface area contributed by atoms with Gasteiger partial charge < -0.3 is 5.32 Å². The van der Waals surface area contributed by atoms with Crippen LogP contribution in [0.25, 0.3) is 4.96 Å². The quantitative estimate of drug-likeness (QED) is 0.748. The molecule has 1 aromatic carbocycles. The zero-order chi connectivity index (χ0) is 14.5. The van der Waals surface area contributed by atoms with Gasteiger partial charge in [0.15, 0.2) is 0 Å². The van der Waals surface area contributed by atoms with Gasteiger partial charge in [0.1, 0.15) is 11.3 Å². The van der Waals surface area contributed by atoms with Crippen LogP contribution in [0.1, 0.15) is 17.0 Å². The second-order valence-electron chi connectivity index (χ2n) is 4.64. The lowest BCUT2D eigenvalue weighted by Crippen LogP contribution is -2.25. The molecule has 3 aromatic rings. The summed E-state index contributed by atoms with van der Waals surface area (Å²) in [5.74, 6) is 0.0712. The van der Waals surface area contributed by atoms with E-state index >= 15 is 0 Å². The molecule has 2 heterocycles. The Morgan fingerprint density at radius 1 is 1.24 bits per heavy atom. The molecule has 3 rings (SSSR count). The van der Waals surface area contributed by atoms with Crippen molar-refractivity contribution in [2.24, 2.45) is 0 Å². The molecule has 1 N–H and O–H groups in total. The molecule has 0 unspecified atom stereocenters. The van der Waals surface area contributed by atoms with Gasteiger partial charge in [0.25, 0.3) is 0 Å². The largest absolute Gasteiger partial charge is 0.356 e. The number of fused-ring (bicyclic) bond motifs is 1. The topological polar surface area (TPSA) is 72.2 Å². The minimum atomic E-state index is 0.0712. The molecule has 0 fully saturated rings.